The third-order valence-corrected chi connectivity index (χ3v) is 14.7. The predicted molar refractivity (Wildman–Crippen MR) is 279 cm³/mol. The van der Waals surface area contributed by atoms with Gasteiger partial charge in [-0.25, -0.2) is 24.3 Å². The molecule has 68 heavy (non-hydrogen) atoms. The zero-order valence-electron chi connectivity index (χ0n) is 42.4. The number of hydrogen-bond acceptors (Lipinski definition) is 11. The maximum atomic E-state index is 15.0. The molecule has 0 radical (unpaired) electrons. The number of ether oxygens (including phenoxy) is 2. The molecule has 0 atom stereocenters. The summed E-state index contributed by atoms with van der Waals surface area (Å²) in [4.78, 5) is 31.3. The minimum Gasteiger partial charge on any atom is -0.496 e. The second kappa shape index (κ2) is 20.9. The zero-order chi connectivity index (χ0) is 48.2. The standard InChI is InChI=1S/C27H33FN4O.C27H35N5O.C2H6/c1-4-15-31(2)20-9-10-23-22(18-20)25(30-26(29-23)27(28)13-14-27)32-16-11-19(12-17-32)21-7-5-6-8-24(21)33-3;1-30(2)20-10-11-23-22(18-20)25(29-26(28-23)27(14-15-27)31(3)4)32-16-12-19(13-17-32)21-8-6-7-9-24(21)33-5;1-2/h5-10,18-19H,4,11-17H2,1-3H3;6-11,18-19H,12-17H2,1-5H3;1-2H3. The molecule has 4 aromatic carbocycles. The Bertz CT molecular complexity index is 2650. The molecule has 12 heteroatoms. The number of nitrogens with zero attached hydrogens (tertiary/aromatic N) is 9. The molecule has 6 aromatic rings. The van der Waals surface area contributed by atoms with Crippen molar-refractivity contribution in [2.75, 3.05) is 102 Å². The first-order valence-electron chi connectivity index (χ1n) is 25.1. The summed E-state index contributed by atoms with van der Waals surface area (Å²) in [6, 6.07) is 29.6. The second-order valence-corrected chi connectivity index (χ2v) is 19.4. The number of para-hydroxylation sites is 2. The normalized spacial score (nSPS) is 17.5. The van der Waals surface area contributed by atoms with E-state index in [0.717, 1.165) is 134 Å². The summed E-state index contributed by atoms with van der Waals surface area (Å²) >= 11 is 0. The molecule has 2 saturated heterocycles. The van der Waals surface area contributed by atoms with Gasteiger partial charge < -0.3 is 29.1 Å². The zero-order valence-corrected chi connectivity index (χ0v) is 42.4. The number of halogens is 1. The predicted octanol–water partition coefficient (Wildman–Crippen LogP) is 11.5. The van der Waals surface area contributed by atoms with Gasteiger partial charge in [-0.3, -0.25) is 4.90 Å². The van der Waals surface area contributed by atoms with Gasteiger partial charge in [0, 0.05) is 76.0 Å². The van der Waals surface area contributed by atoms with Crippen LogP contribution in [0.5, 0.6) is 11.5 Å². The first kappa shape index (κ1) is 48.7. The summed E-state index contributed by atoms with van der Waals surface area (Å²) in [5.41, 5.74) is 5.43. The second-order valence-electron chi connectivity index (χ2n) is 19.4. The van der Waals surface area contributed by atoms with Crippen molar-refractivity contribution in [3.63, 3.8) is 0 Å². The van der Waals surface area contributed by atoms with Crippen LogP contribution in [-0.2, 0) is 11.2 Å². The van der Waals surface area contributed by atoms with Crippen molar-refractivity contribution in [3.05, 3.63) is 108 Å². The first-order valence-corrected chi connectivity index (χ1v) is 25.1. The Morgan fingerprint density at radius 3 is 1.50 bits per heavy atom. The highest BCUT2D eigenvalue weighted by Crippen LogP contribution is 2.50. The van der Waals surface area contributed by atoms with Crippen molar-refractivity contribution >= 4 is 44.8 Å². The molecule has 2 aliphatic carbocycles. The number of fused-ring (bicyclic) bond motifs is 2. The Kier molecular flexibility index (Phi) is 14.9. The van der Waals surface area contributed by atoms with Crippen LogP contribution in [0.25, 0.3) is 21.8 Å². The summed E-state index contributed by atoms with van der Waals surface area (Å²) < 4.78 is 26.3. The molecule has 4 fully saturated rings. The van der Waals surface area contributed by atoms with E-state index in [1.807, 2.05) is 38.1 Å². The van der Waals surface area contributed by atoms with Gasteiger partial charge in [-0.2, -0.15) is 0 Å². The highest BCUT2D eigenvalue weighted by atomic mass is 19.1. The van der Waals surface area contributed by atoms with E-state index < -0.39 is 5.67 Å². The number of aromatic nitrogens is 4. The van der Waals surface area contributed by atoms with Gasteiger partial charge in [0.2, 0.25) is 0 Å². The molecule has 4 aliphatic rings. The van der Waals surface area contributed by atoms with Crippen LogP contribution in [0.15, 0.2) is 84.9 Å². The van der Waals surface area contributed by atoms with E-state index in [1.165, 1.54) is 16.8 Å². The highest BCUT2D eigenvalue weighted by molar-refractivity contribution is 5.93. The van der Waals surface area contributed by atoms with E-state index in [2.05, 4.69) is 132 Å². The van der Waals surface area contributed by atoms with Crippen LogP contribution in [-0.4, -0.2) is 107 Å². The average Bonchev–Trinajstić information content (AvgIpc) is 4.34. The summed E-state index contributed by atoms with van der Waals surface area (Å²) in [7, 11) is 14.1. The fourth-order valence-electron chi connectivity index (χ4n) is 10.2. The van der Waals surface area contributed by atoms with Crippen molar-refractivity contribution in [2.24, 2.45) is 0 Å². The Hall–Kier alpha value is -5.75. The third kappa shape index (κ3) is 10.0. The molecule has 0 N–H and O–H groups in total. The van der Waals surface area contributed by atoms with Gasteiger partial charge in [0.25, 0.3) is 0 Å². The third-order valence-electron chi connectivity index (χ3n) is 14.7. The van der Waals surface area contributed by atoms with Crippen LogP contribution in [0.4, 0.5) is 27.4 Å². The quantitative estimate of drug-likeness (QED) is 0.111. The fraction of sp³-hybridized carbons (Fsp3) is 0.500. The molecule has 0 bridgehead atoms. The van der Waals surface area contributed by atoms with Crippen LogP contribution in [0.2, 0.25) is 0 Å². The van der Waals surface area contributed by atoms with Gasteiger partial charge in [-0.05, 0) is 143 Å². The Labute approximate surface area is 404 Å². The SMILES string of the molecule is CC.CCCN(C)c1ccc2nc(C3(F)CC3)nc(N3CCC(c4ccccc4OC)CC3)c2c1.COc1ccccc1C1CCN(c2nc(C3(N(C)C)CC3)nc3ccc(N(C)C)cc23)CC1. The minimum absolute atomic E-state index is 0.0150. The van der Waals surface area contributed by atoms with Gasteiger partial charge in [-0.15, -0.1) is 0 Å². The highest BCUT2D eigenvalue weighted by Gasteiger charge is 2.50. The average molecular weight is 924 g/mol. The van der Waals surface area contributed by atoms with E-state index >= 15 is 4.39 Å². The summed E-state index contributed by atoms with van der Waals surface area (Å²) in [6.45, 7) is 10.9. The van der Waals surface area contributed by atoms with Crippen LogP contribution in [0.3, 0.4) is 0 Å². The fourth-order valence-corrected chi connectivity index (χ4v) is 10.2. The molecule has 11 nitrogen and oxygen atoms in total. The first-order chi connectivity index (χ1) is 32.9. The number of rotatable bonds is 13. The van der Waals surface area contributed by atoms with Gasteiger partial charge in [0.05, 0.1) is 30.8 Å². The van der Waals surface area contributed by atoms with Gasteiger partial charge >= 0.3 is 0 Å². The lowest BCUT2D eigenvalue weighted by Crippen LogP contribution is -2.35. The van der Waals surface area contributed by atoms with Crippen LogP contribution < -0.4 is 29.1 Å². The molecule has 362 valence electrons. The maximum Gasteiger partial charge on any atom is 0.170 e. The molecule has 0 spiro atoms. The molecule has 2 aromatic heterocycles. The van der Waals surface area contributed by atoms with Crippen LogP contribution in [0.1, 0.15) is 113 Å². The number of alkyl halides is 1. The van der Waals surface area contributed by atoms with Crippen molar-refractivity contribution < 1.29 is 13.9 Å². The molecular formula is C56H74FN9O2. The van der Waals surface area contributed by atoms with Crippen LogP contribution in [0, 0.1) is 0 Å². The molecular weight excluding hydrogens is 850 g/mol. The molecule has 2 aliphatic heterocycles. The topological polar surface area (TPSA) is 86.2 Å². The van der Waals surface area contributed by atoms with E-state index in [0.29, 0.717) is 30.5 Å². The summed E-state index contributed by atoms with van der Waals surface area (Å²) in [5.74, 6) is 6.22. The number of piperidine rings is 2. The monoisotopic (exact) mass is 924 g/mol. The van der Waals surface area contributed by atoms with Crippen molar-refractivity contribution in [1.82, 2.24) is 24.8 Å². The van der Waals surface area contributed by atoms with E-state index in [4.69, 9.17) is 24.4 Å². The number of hydrogen-bond donors (Lipinski definition) is 0. The Morgan fingerprint density at radius 1 is 0.603 bits per heavy atom. The molecule has 0 unspecified atom stereocenters. The van der Waals surface area contributed by atoms with Crippen molar-refractivity contribution in [1.29, 1.82) is 0 Å². The number of methoxy groups -OCH3 is 2. The number of benzene rings is 4. The lowest BCUT2D eigenvalue weighted by molar-refractivity contribution is 0.263. The van der Waals surface area contributed by atoms with Crippen LogP contribution >= 0.6 is 0 Å². The van der Waals surface area contributed by atoms with E-state index in [9.17, 15) is 0 Å². The van der Waals surface area contributed by atoms with Gasteiger partial charge in [-0.1, -0.05) is 57.2 Å². The lowest BCUT2D eigenvalue weighted by Gasteiger charge is -2.35. The van der Waals surface area contributed by atoms with Crippen molar-refractivity contribution in [2.45, 2.75) is 102 Å². The molecule has 2 saturated carbocycles. The smallest absolute Gasteiger partial charge is 0.170 e. The molecule has 10 rings (SSSR count). The Morgan fingerprint density at radius 2 is 1.06 bits per heavy atom. The minimum atomic E-state index is -1.35. The molecule has 4 heterocycles. The van der Waals surface area contributed by atoms with E-state index in [-0.39, 0.29) is 5.54 Å². The van der Waals surface area contributed by atoms with Crippen molar-refractivity contribution in [3.8, 4) is 11.5 Å². The lowest BCUT2D eigenvalue weighted by atomic mass is 9.88. The summed E-state index contributed by atoms with van der Waals surface area (Å²) in [5, 5.41) is 2.16. The maximum absolute atomic E-state index is 15.0. The van der Waals surface area contributed by atoms with Gasteiger partial charge in [0.1, 0.15) is 23.1 Å². The largest absolute Gasteiger partial charge is 0.496 e. The van der Waals surface area contributed by atoms with Gasteiger partial charge in [0.15, 0.2) is 17.3 Å². The Balaban J connectivity index is 0.000000177. The van der Waals surface area contributed by atoms with E-state index in [1.54, 1.807) is 14.2 Å². The molecule has 0 amide bonds. The summed E-state index contributed by atoms with van der Waals surface area (Å²) in [6.07, 6.45) is 8.57. The number of anilines is 4.